The van der Waals surface area contributed by atoms with Crippen molar-refractivity contribution in [2.24, 2.45) is 0 Å². The number of rotatable bonds is 4. The molecule has 0 unspecified atom stereocenters. The second-order valence-electron chi connectivity index (χ2n) is 3.80. The standard InChI is InChI=1S/C13H11ClN2O4/c1-19-9-4-3-7(5-10(9)20-2)8-6-15-16-12(14)11(8)13(17)18/h3-6H,1-2H3,(H,17,18). The van der Waals surface area contributed by atoms with Crippen molar-refractivity contribution >= 4 is 17.6 Å². The lowest BCUT2D eigenvalue weighted by Crippen LogP contribution is -2.04. The molecule has 0 amide bonds. The van der Waals surface area contributed by atoms with Crippen molar-refractivity contribution in [3.63, 3.8) is 0 Å². The molecule has 2 rings (SSSR count). The third-order valence-electron chi connectivity index (χ3n) is 2.72. The second-order valence-corrected chi connectivity index (χ2v) is 4.16. The van der Waals surface area contributed by atoms with Crippen LogP contribution in [-0.2, 0) is 0 Å². The molecule has 0 atom stereocenters. The summed E-state index contributed by atoms with van der Waals surface area (Å²) in [5.74, 6) is -0.148. The Kier molecular flexibility index (Phi) is 4.05. The number of hydrogen-bond donors (Lipinski definition) is 1. The van der Waals surface area contributed by atoms with Gasteiger partial charge in [0.25, 0.3) is 0 Å². The minimum atomic E-state index is -1.17. The number of carboxylic acid groups (broad SMARTS) is 1. The van der Waals surface area contributed by atoms with Crippen molar-refractivity contribution in [3.05, 3.63) is 35.1 Å². The Balaban J connectivity index is 2.63. The molecule has 0 fully saturated rings. The minimum Gasteiger partial charge on any atom is -0.493 e. The van der Waals surface area contributed by atoms with Crippen LogP contribution in [0.5, 0.6) is 11.5 Å². The Morgan fingerprint density at radius 2 is 1.95 bits per heavy atom. The van der Waals surface area contributed by atoms with Crippen molar-refractivity contribution in [3.8, 4) is 22.6 Å². The van der Waals surface area contributed by atoms with E-state index < -0.39 is 5.97 Å². The lowest BCUT2D eigenvalue weighted by atomic mass is 10.0. The summed E-state index contributed by atoms with van der Waals surface area (Å²) in [7, 11) is 3.02. The molecule has 0 aliphatic rings. The predicted molar refractivity (Wildman–Crippen MR) is 72.5 cm³/mol. The highest BCUT2D eigenvalue weighted by molar-refractivity contribution is 6.33. The molecule has 2 aromatic rings. The topological polar surface area (TPSA) is 81.5 Å². The van der Waals surface area contributed by atoms with Crippen LogP contribution in [0.25, 0.3) is 11.1 Å². The van der Waals surface area contributed by atoms with Crippen LogP contribution in [0.1, 0.15) is 10.4 Å². The van der Waals surface area contributed by atoms with E-state index in [1.807, 2.05) is 0 Å². The highest BCUT2D eigenvalue weighted by Crippen LogP contribution is 2.34. The fourth-order valence-electron chi connectivity index (χ4n) is 1.79. The van der Waals surface area contributed by atoms with E-state index in [1.54, 1.807) is 18.2 Å². The molecule has 0 saturated heterocycles. The number of hydrogen-bond acceptors (Lipinski definition) is 5. The van der Waals surface area contributed by atoms with Gasteiger partial charge in [0, 0.05) is 5.56 Å². The van der Waals surface area contributed by atoms with Gasteiger partial charge in [0.2, 0.25) is 0 Å². The second kappa shape index (κ2) is 5.75. The first kappa shape index (κ1) is 14.1. The molecule has 0 radical (unpaired) electrons. The number of aromatic carboxylic acids is 1. The van der Waals surface area contributed by atoms with E-state index in [4.69, 9.17) is 21.1 Å². The maximum absolute atomic E-state index is 11.3. The Bertz CT molecular complexity index is 661. The van der Waals surface area contributed by atoms with Crippen LogP contribution in [-0.4, -0.2) is 35.5 Å². The molecular weight excluding hydrogens is 284 g/mol. The van der Waals surface area contributed by atoms with E-state index in [-0.39, 0.29) is 10.7 Å². The summed E-state index contributed by atoms with van der Waals surface area (Å²) in [6.07, 6.45) is 1.34. The van der Waals surface area contributed by atoms with Gasteiger partial charge in [-0.1, -0.05) is 17.7 Å². The molecule has 0 spiro atoms. The maximum atomic E-state index is 11.3. The summed E-state index contributed by atoms with van der Waals surface area (Å²) in [5.41, 5.74) is 0.851. The van der Waals surface area contributed by atoms with Gasteiger partial charge in [-0.3, -0.25) is 0 Å². The number of carboxylic acids is 1. The number of nitrogens with zero attached hydrogens (tertiary/aromatic N) is 2. The van der Waals surface area contributed by atoms with Gasteiger partial charge >= 0.3 is 5.97 Å². The summed E-state index contributed by atoms with van der Waals surface area (Å²) in [4.78, 5) is 11.3. The van der Waals surface area contributed by atoms with E-state index in [1.165, 1.54) is 20.4 Å². The van der Waals surface area contributed by atoms with Crippen LogP contribution in [0.2, 0.25) is 5.15 Å². The zero-order valence-corrected chi connectivity index (χ0v) is 11.5. The fourth-order valence-corrected chi connectivity index (χ4v) is 2.02. The lowest BCUT2D eigenvalue weighted by Gasteiger charge is -2.11. The first-order valence-corrected chi connectivity index (χ1v) is 5.93. The number of ether oxygens (including phenoxy) is 2. The summed E-state index contributed by atoms with van der Waals surface area (Å²) in [5, 5.41) is 16.3. The first-order chi connectivity index (χ1) is 9.58. The monoisotopic (exact) mass is 294 g/mol. The van der Waals surface area contributed by atoms with Gasteiger partial charge in [0.1, 0.15) is 5.56 Å². The molecule has 0 saturated carbocycles. The molecule has 1 N–H and O–H groups in total. The number of methoxy groups -OCH3 is 2. The van der Waals surface area contributed by atoms with Crippen LogP contribution in [0.4, 0.5) is 0 Å². The van der Waals surface area contributed by atoms with Gasteiger partial charge in [0.05, 0.1) is 20.4 Å². The first-order valence-electron chi connectivity index (χ1n) is 5.55. The Morgan fingerprint density at radius 1 is 1.25 bits per heavy atom. The van der Waals surface area contributed by atoms with Gasteiger partial charge in [-0.25, -0.2) is 4.79 Å². The zero-order valence-electron chi connectivity index (χ0n) is 10.8. The van der Waals surface area contributed by atoms with Gasteiger partial charge in [-0.15, -0.1) is 5.10 Å². The van der Waals surface area contributed by atoms with Crippen LogP contribution in [0.15, 0.2) is 24.4 Å². The number of benzene rings is 1. The Morgan fingerprint density at radius 3 is 2.55 bits per heavy atom. The lowest BCUT2D eigenvalue weighted by molar-refractivity contribution is 0.0697. The number of aromatic nitrogens is 2. The Hall–Kier alpha value is -2.34. The molecule has 0 bridgehead atoms. The highest BCUT2D eigenvalue weighted by Gasteiger charge is 2.18. The van der Waals surface area contributed by atoms with Crippen LogP contribution in [0.3, 0.4) is 0 Å². The molecule has 6 nitrogen and oxygen atoms in total. The van der Waals surface area contributed by atoms with Gasteiger partial charge in [-0.05, 0) is 17.7 Å². The largest absolute Gasteiger partial charge is 0.493 e. The predicted octanol–water partition coefficient (Wildman–Crippen LogP) is 2.51. The van der Waals surface area contributed by atoms with E-state index in [2.05, 4.69) is 10.2 Å². The summed E-state index contributed by atoms with van der Waals surface area (Å²) < 4.78 is 10.3. The minimum absolute atomic E-state index is 0.103. The maximum Gasteiger partial charge on any atom is 0.339 e. The fraction of sp³-hybridized carbons (Fsp3) is 0.154. The molecule has 20 heavy (non-hydrogen) atoms. The normalized spacial score (nSPS) is 10.2. The molecule has 7 heteroatoms. The molecule has 0 aliphatic heterocycles. The smallest absolute Gasteiger partial charge is 0.339 e. The number of halogens is 1. The molecule has 1 heterocycles. The molecule has 1 aromatic heterocycles. The Labute approximate surface area is 119 Å². The van der Waals surface area contributed by atoms with Crippen LogP contribution >= 0.6 is 11.6 Å². The van der Waals surface area contributed by atoms with Crippen molar-refractivity contribution in [2.45, 2.75) is 0 Å². The average Bonchev–Trinajstić information content (AvgIpc) is 2.45. The van der Waals surface area contributed by atoms with E-state index in [0.717, 1.165) is 0 Å². The SMILES string of the molecule is COc1ccc(-c2cnnc(Cl)c2C(=O)O)cc1OC. The average molecular weight is 295 g/mol. The van der Waals surface area contributed by atoms with Crippen molar-refractivity contribution < 1.29 is 19.4 Å². The van der Waals surface area contributed by atoms with E-state index in [9.17, 15) is 9.90 Å². The molecular formula is C13H11ClN2O4. The summed E-state index contributed by atoms with van der Waals surface area (Å²) in [6, 6.07) is 5.02. The van der Waals surface area contributed by atoms with Gasteiger partial charge in [0.15, 0.2) is 16.7 Å². The van der Waals surface area contributed by atoms with Crippen molar-refractivity contribution in [2.75, 3.05) is 14.2 Å². The van der Waals surface area contributed by atoms with Crippen molar-refractivity contribution in [1.82, 2.24) is 10.2 Å². The zero-order chi connectivity index (χ0) is 14.7. The van der Waals surface area contributed by atoms with Crippen LogP contribution in [0, 0.1) is 0 Å². The van der Waals surface area contributed by atoms with Gasteiger partial charge < -0.3 is 14.6 Å². The third-order valence-corrected chi connectivity index (χ3v) is 2.98. The quantitative estimate of drug-likeness (QED) is 0.933. The third kappa shape index (κ3) is 2.50. The molecule has 0 aliphatic carbocycles. The molecule has 1 aromatic carbocycles. The number of carbonyl (C=O) groups is 1. The van der Waals surface area contributed by atoms with E-state index >= 15 is 0 Å². The van der Waals surface area contributed by atoms with Crippen molar-refractivity contribution in [1.29, 1.82) is 0 Å². The molecule has 104 valence electrons. The van der Waals surface area contributed by atoms with Gasteiger partial charge in [-0.2, -0.15) is 5.10 Å². The summed E-state index contributed by atoms with van der Waals surface area (Å²) in [6.45, 7) is 0. The van der Waals surface area contributed by atoms with E-state index in [0.29, 0.717) is 22.6 Å². The summed E-state index contributed by atoms with van der Waals surface area (Å²) >= 11 is 5.80. The highest BCUT2D eigenvalue weighted by atomic mass is 35.5. The van der Waals surface area contributed by atoms with Crippen LogP contribution < -0.4 is 9.47 Å².